The van der Waals surface area contributed by atoms with Crippen molar-refractivity contribution < 1.29 is 36.6 Å². The number of esters is 1. The second-order valence-corrected chi connectivity index (χ2v) is 13.3. The van der Waals surface area contributed by atoms with Crippen molar-refractivity contribution in [1.82, 2.24) is 19.9 Å². The second-order valence-electron chi connectivity index (χ2n) is 13.3. The minimum atomic E-state index is -4.59. The van der Waals surface area contributed by atoms with Crippen molar-refractivity contribution in [1.29, 1.82) is 0 Å². The van der Waals surface area contributed by atoms with Crippen molar-refractivity contribution in [2.24, 2.45) is 5.41 Å². The Kier molecular flexibility index (Phi) is 10.1. The number of anilines is 2. The molecule has 0 atom stereocenters. The third-order valence-corrected chi connectivity index (χ3v) is 9.46. The van der Waals surface area contributed by atoms with Crippen LogP contribution >= 0.6 is 0 Å². The highest BCUT2D eigenvalue weighted by Crippen LogP contribution is 2.46. The summed E-state index contributed by atoms with van der Waals surface area (Å²) >= 11 is 0. The summed E-state index contributed by atoms with van der Waals surface area (Å²) in [6.07, 6.45) is 2.56. The molecule has 0 saturated heterocycles. The molecule has 0 unspecified atom stereocenters. The molecule has 14 heteroatoms. The summed E-state index contributed by atoms with van der Waals surface area (Å²) in [4.78, 5) is 43.3. The molecular formula is C36H40F4N6O4. The molecule has 6 rings (SSSR count). The first-order chi connectivity index (χ1) is 23.9. The van der Waals surface area contributed by atoms with Crippen LogP contribution in [-0.4, -0.2) is 65.7 Å². The molecule has 0 aliphatic heterocycles. The lowest BCUT2D eigenvalue weighted by Gasteiger charge is -2.34. The topological polar surface area (TPSA) is 122 Å². The number of nitrogens with zero attached hydrogens (tertiary/aromatic N) is 4. The van der Waals surface area contributed by atoms with Crippen molar-refractivity contribution in [3.8, 4) is 11.3 Å². The fourth-order valence-electron chi connectivity index (χ4n) is 6.92. The van der Waals surface area contributed by atoms with E-state index in [9.17, 15) is 22.8 Å². The number of alkyl halides is 3. The number of aryl methyl sites for hydroxylation is 1. The fraction of sp³-hybridized carbons (Fsp3) is 0.472. The number of benzene rings is 1. The zero-order valence-corrected chi connectivity index (χ0v) is 28.3. The summed E-state index contributed by atoms with van der Waals surface area (Å²) < 4.78 is 68.1. The standard InChI is InChI=1S/C36H40F4N6O4/c1-4-50-29(47)12-8-21-7-11-24(26(37)15-21)33(48)45-34-43-31-28(46(2)19-35(20-49-3)13-5-6-14-35)17-27(42-32(31)44-34)23-16-25(36(38,39)40)30(41-18-23)22-9-10-22/h7,11,15-18,22H,4-6,8-10,12-14,19-20H2,1-3H3,(H2,42,43,44,45,48). The van der Waals surface area contributed by atoms with Gasteiger partial charge >= 0.3 is 12.1 Å². The fourth-order valence-corrected chi connectivity index (χ4v) is 6.92. The first-order valence-corrected chi connectivity index (χ1v) is 16.8. The van der Waals surface area contributed by atoms with Crippen LogP contribution in [0, 0.1) is 11.2 Å². The zero-order chi connectivity index (χ0) is 35.6. The monoisotopic (exact) mass is 696 g/mol. The predicted octanol–water partition coefficient (Wildman–Crippen LogP) is 7.45. The van der Waals surface area contributed by atoms with Crippen LogP contribution in [0.15, 0.2) is 36.5 Å². The molecule has 2 aliphatic carbocycles. The Bertz CT molecular complexity index is 1880. The van der Waals surface area contributed by atoms with Crippen LogP contribution in [0.4, 0.5) is 29.2 Å². The Morgan fingerprint density at radius 3 is 2.54 bits per heavy atom. The number of amides is 1. The predicted molar refractivity (Wildman–Crippen MR) is 179 cm³/mol. The van der Waals surface area contributed by atoms with Crippen LogP contribution in [-0.2, 0) is 26.9 Å². The van der Waals surface area contributed by atoms with Crippen LogP contribution in [0.5, 0.6) is 0 Å². The van der Waals surface area contributed by atoms with Gasteiger partial charge < -0.3 is 19.4 Å². The van der Waals surface area contributed by atoms with Gasteiger partial charge in [-0.1, -0.05) is 18.9 Å². The van der Waals surface area contributed by atoms with E-state index in [1.807, 2.05) is 11.9 Å². The molecule has 1 amide bonds. The Morgan fingerprint density at radius 2 is 1.88 bits per heavy atom. The van der Waals surface area contributed by atoms with Crippen LogP contribution < -0.4 is 10.2 Å². The summed E-state index contributed by atoms with van der Waals surface area (Å²) in [6.45, 7) is 3.10. The molecule has 266 valence electrons. The summed E-state index contributed by atoms with van der Waals surface area (Å²) in [5, 5.41) is 2.60. The molecule has 2 aliphatic rings. The lowest BCUT2D eigenvalue weighted by Crippen LogP contribution is -2.37. The Balaban J connectivity index is 1.33. The van der Waals surface area contributed by atoms with Gasteiger partial charge in [0.25, 0.3) is 5.91 Å². The molecule has 4 aromatic rings. The largest absolute Gasteiger partial charge is 0.466 e. The molecule has 2 N–H and O–H groups in total. The molecule has 2 fully saturated rings. The van der Waals surface area contributed by atoms with E-state index in [-0.39, 0.29) is 64.9 Å². The molecule has 1 aromatic carbocycles. The molecular weight excluding hydrogens is 656 g/mol. The number of imidazole rings is 1. The average Bonchev–Trinajstić information content (AvgIpc) is 3.69. The lowest BCUT2D eigenvalue weighted by atomic mass is 9.86. The quantitative estimate of drug-likeness (QED) is 0.109. The van der Waals surface area contributed by atoms with Gasteiger partial charge in [-0.2, -0.15) is 18.2 Å². The lowest BCUT2D eigenvalue weighted by molar-refractivity contribution is -0.143. The van der Waals surface area contributed by atoms with E-state index in [0.29, 0.717) is 42.8 Å². The molecule has 10 nitrogen and oxygen atoms in total. The van der Waals surface area contributed by atoms with Gasteiger partial charge in [-0.3, -0.25) is 19.9 Å². The van der Waals surface area contributed by atoms with Gasteiger partial charge in [0, 0.05) is 50.2 Å². The Hall–Kier alpha value is -4.59. The number of aromatic nitrogens is 4. The molecule has 50 heavy (non-hydrogen) atoms. The summed E-state index contributed by atoms with van der Waals surface area (Å²) in [7, 11) is 3.56. The number of pyridine rings is 2. The number of aromatic amines is 1. The number of H-pyrrole nitrogens is 1. The van der Waals surface area contributed by atoms with Gasteiger partial charge in [0.15, 0.2) is 5.65 Å². The van der Waals surface area contributed by atoms with E-state index < -0.39 is 29.4 Å². The van der Waals surface area contributed by atoms with Crippen molar-refractivity contribution in [2.75, 3.05) is 44.1 Å². The van der Waals surface area contributed by atoms with E-state index in [0.717, 1.165) is 31.7 Å². The molecule has 0 bridgehead atoms. The van der Waals surface area contributed by atoms with Gasteiger partial charge in [0.05, 0.1) is 41.4 Å². The molecule has 0 radical (unpaired) electrons. The Morgan fingerprint density at radius 1 is 1.12 bits per heavy atom. The van der Waals surface area contributed by atoms with Crippen molar-refractivity contribution >= 4 is 34.7 Å². The number of carbonyl (C=O) groups excluding carboxylic acids is 2. The van der Waals surface area contributed by atoms with Gasteiger partial charge in [0.1, 0.15) is 11.3 Å². The van der Waals surface area contributed by atoms with E-state index in [1.54, 1.807) is 26.2 Å². The molecule has 2 saturated carbocycles. The maximum Gasteiger partial charge on any atom is 0.418 e. The molecule has 3 aromatic heterocycles. The summed E-state index contributed by atoms with van der Waals surface area (Å²) in [6, 6.07) is 6.88. The number of hydrogen-bond donors (Lipinski definition) is 2. The number of nitrogens with one attached hydrogen (secondary N) is 2. The number of ether oxygens (including phenoxy) is 2. The minimum Gasteiger partial charge on any atom is -0.466 e. The third-order valence-electron chi connectivity index (χ3n) is 9.46. The highest BCUT2D eigenvalue weighted by Gasteiger charge is 2.40. The van der Waals surface area contributed by atoms with Gasteiger partial charge in [-0.05, 0) is 68.9 Å². The number of halogens is 4. The van der Waals surface area contributed by atoms with Crippen molar-refractivity contribution in [2.45, 2.75) is 70.4 Å². The van der Waals surface area contributed by atoms with E-state index >= 15 is 4.39 Å². The maximum absolute atomic E-state index is 15.1. The number of methoxy groups -OCH3 is 1. The zero-order valence-electron chi connectivity index (χ0n) is 28.3. The van der Waals surface area contributed by atoms with Crippen LogP contribution in [0.3, 0.4) is 0 Å². The molecule has 0 spiro atoms. The number of hydrogen-bond acceptors (Lipinski definition) is 8. The van der Waals surface area contributed by atoms with Crippen LogP contribution in [0.1, 0.15) is 85.0 Å². The van der Waals surface area contributed by atoms with Crippen LogP contribution in [0.2, 0.25) is 0 Å². The Labute approximate surface area is 287 Å². The maximum atomic E-state index is 15.1. The van der Waals surface area contributed by atoms with Crippen LogP contribution in [0.25, 0.3) is 22.4 Å². The smallest absolute Gasteiger partial charge is 0.418 e. The number of fused-ring (bicyclic) bond motifs is 1. The third kappa shape index (κ3) is 7.74. The van der Waals surface area contributed by atoms with Gasteiger partial charge in [-0.15, -0.1) is 0 Å². The highest BCUT2D eigenvalue weighted by molar-refractivity contribution is 6.04. The summed E-state index contributed by atoms with van der Waals surface area (Å²) in [5.41, 5.74) is 1.08. The van der Waals surface area contributed by atoms with Crippen molar-refractivity contribution in [3.63, 3.8) is 0 Å². The first-order valence-electron chi connectivity index (χ1n) is 16.8. The molecule has 3 heterocycles. The first kappa shape index (κ1) is 35.2. The van der Waals surface area contributed by atoms with Crippen molar-refractivity contribution in [3.05, 3.63) is 64.7 Å². The normalized spacial score (nSPS) is 15.7. The minimum absolute atomic E-state index is 0.0132. The SMILES string of the molecule is CCOC(=O)CCc1ccc(C(=O)Nc2nc3nc(-c4cnc(C5CC5)c(C(F)(F)F)c4)cc(N(C)CC4(COC)CCCC4)c3[nH]2)c(F)c1. The van der Waals surface area contributed by atoms with E-state index in [1.165, 1.54) is 18.3 Å². The average molecular weight is 697 g/mol. The highest BCUT2D eigenvalue weighted by atomic mass is 19.4. The summed E-state index contributed by atoms with van der Waals surface area (Å²) in [5.74, 6) is -2.16. The van der Waals surface area contributed by atoms with Gasteiger partial charge in [-0.25, -0.2) is 9.37 Å². The van der Waals surface area contributed by atoms with E-state index in [4.69, 9.17) is 9.47 Å². The van der Waals surface area contributed by atoms with E-state index in [2.05, 4.69) is 25.3 Å². The number of rotatable bonds is 13. The van der Waals surface area contributed by atoms with Gasteiger partial charge in [0.2, 0.25) is 5.95 Å². The number of carbonyl (C=O) groups is 2. The second kappa shape index (κ2) is 14.3.